The summed E-state index contributed by atoms with van der Waals surface area (Å²) in [6.45, 7) is 9.12. The summed E-state index contributed by atoms with van der Waals surface area (Å²) in [7, 11) is 1.73. The summed E-state index contributed by atoms with van der Waals surface area (Å²) in [4.78, 5) is 19.1. The van der Waals surface area contributed by atoms with E-state index in [9.17, 15) is 4.79 Å². The minimum atomic E-state index is 0. The normalized spacial score (nSPS) is 20.2. The topological polar surface area (TPSA) is 66.0 Å². The average Bonchev–Trinajstić information content (AvgIpc) is 3.35. The first kappa shape index (κ1) is 23.8. The van der Waals surface area contributed by atoms with Gasteiger partial charge in [0.2, 0.25) is 5.91 Å². The van der Waals surface area contributed by atoms with Crippen LogP contribution in [0.5, 0.6) is 5.75 Å². The average molecular weight is 514 g/mol. The third kappa shape index (κ3) is 5.77. The van der Waals surface area contributed by atoms with Crippen molar-refractivity contribution in [3.8, 4) is 5.75 Å². The summed E-state index contributed by atoms with van der Waals surface area (Å²) in [5, 5.41) is 6.90. The van der Waals surface area contributed by atoms with E-state index in [1.54, 1.807) is 7.11 Å². The Morgan fingerprint density at radius 3 is 2.69 bits per heavy atom. The molecule has 0 bridgehead atoms. The molecule has 1 aromatic rings. The number of hydrogen-bond donors (Lipinski definition) is 2. The summed E-state index contributed by atoms with van der Waals surface area (Å²) in [5.74, 6) is 2.08. The Labute approximate surface area is 191 Å². The van der Waals surface area contributed by atoms with E-state index in [1.165, 1.54) is 5.56 Å². The molecular weight excluding hydrogens is 479 g/mol. The molecule has 0 radical (unpaired) electrons. The maximum atomic E-state index is 12.2. The molecule has 7 heteroatoms. The van der Waals surface area contributed by atoms with Crippen molar-refractivity contribution >= 4 is 35.8 Å². The molecule has 1 aliphatic carbocycles. The fourth-order valence-corrected chi connectivity index (χ4v) is 3.93. The van der Waals surface area contributed by atoms with Gasteiger partial charge in [-0.15, -0.1) is 24.0 Å². The number of benzene rings is 1. The lowest BCUT2D eigenvalue weighted by atomic mass is 9.95. The highest BCUT2D eigenvalue weighted by Crippen LogP contribution is 2.51. The number of aliphatic imine (C=N–C) groups is 1. The smallest absolute Gasteiger partial charge is 0.225 e. The molecule has 162 valence electrons. The van der Waals surface area contributed by atoms with E-state index in [4.69, 9.17) is 9.73 Å². The minimum Gasteiger partial charge on any atom is -0.496 e. The van der Waals surface area contributed by atoms with E-state index < -0.39 is 0 Å². The highest BCUT2D eigenvalue weighted by molar-refractivity contribution is 14.0. The van der Waals surface area contributed by atoms with E-state index in [1.807, 2.05) is 30.9 Å². The zero-order chi connectivity index (χ0) is 20.1. The van der Waals surface area contributed by atoms with Crippen LogP contribution >= 0.6 is 24.0 Å². The Morgan fingerprint density at radius 1 is 1.34 bits per heavy atom. The number of guanidine groups is 1. The van der Waals surface area contributed by atoms with Crippen LogP contribution in [0.2, 0.25) is 0 Å². The molecule has 1 unspecified atom stereocenters. The maximum Gasteiger partial charge on any atom is 0.225 e. The van der Waals surface area contributed by atoms with E-state index >= 15 is 0 Å². The van der Waals surface area contributed by atoms with Crippen LogP contribution in [-0.2, 0) is 10.2 Å². The van der Waals surface area contributed by atoms with E-state index in [2.05, 4.69) is 29.7 Å². The third-order valence-corrected chi connectivity index (χ3v) is 5.75. The van der Waals surface area contributed by atoms with Gasteiger partial charge in [-0.1, -0.05) is 32.0 Å². The number of ether oxygens (including phenoxy) is 1. The van der Waals surface area contributed by atoms with Crippen molar-refractivity contribution < 1.29 is 9.53 Å². The molecule has 1 saturated carbocycles. The number of rotatable bonds is 7. The molecular formula is C22H35IN4O2. The SMILES string of the molecule is CCNC(=NCC1(c2ccccc2OC)CC1)NC1CCN(C(=O)C(C)C)C1.I. The molecule has 0 spiro atoms. The first-order valence-corrected chi connectivity index (χ1v) is 10.5. The molecule has 1 saturated heterocycles. The lowest BCUT2D eigenvalue weighted by Gasteiger charge is -2.21. The Hall–Kier alpha value is -1.51. The number of nitrogens with one attached hydrogen (secondary N) is 2. The van der Waals surface area contributed by atoms with Gasteiger partial charge in [-0.3, -0.25) is 9.79 Å². The summed E-state index contributed by atoms with van der Waals surface area (Å²) in [6, 6.07) is 8.53. The molecule has 0 aromatic heterocycles. The number of nitrogens with zero attached hydrogens (tertiary/aromatic N) is 2. The maximum absolute atomic E-state index is 12.2. The zero-order valence-corrected chi connectivity index (χ0v) is 20.4. The molecule has 1 atom stereocenters. The van der Waals surface area contributed by atoms with Crippen LogP contribution in [0, 0.1) is 5.92 Å². The lowest BCUT2D eigenvalue weighted by molar-refractivity contribution is -0.133. The van der Waals surface area contributed by atoms with Crippen LogP contribution in [-0.4, -0.2) is 56.1 Å². The van der Waals surface area contributed by atoms with Gasteiger partial charge in [-0.2, -0.15) is 0 Å². The van der Waals surface area contributed by atoms with Gasteiger partial charge in [0.05, 0.1) is 13.7 Å². The number of carbonyl (C=O) groups is 1. The molecule has 1 heterocycles. The number of methoxy groups -OCH3 is 1. The van der Waals surface area contributed by atoms with Crippen molar-refractivity contribution in [3.63, 3.8) is 0 Å². The summed E-state index contributed by atoms with van der Waals surface area (Å²) in [5.41, 5.74) is 1.34. The summed E-state index contributed by atoms with van der Waals surface area (Å²) >= 11 is 0. The van der Waals surface area contributed by atoms with E-state index in [0.29, 0.717) is 0 Å². The van der Waals surface area contributed by atoms with Gasteiger partial charge in [0.25, 0.3) is 0 Å². The van der Waals surface area contributed by atoms with Crippen molar-refractivity contribution in [2.45, 2.75) is 51.5 Å². The van der Waals surface area contributed by atoms with Gasteiger partial charge < -0.3 is 20.3 Å². The second-order valence-electron chi connectivity index (χ2n) is 8.24. The number of likely N-dealkylation sites (tertiary alicyclic amines) is 1. The first-order chi connectivity index (χ1) is 13.5. The number of para-hydroxylation sites is 1. The largest absolute Gasteiger partial charge is 0.496 e. The Bertz CT molecular complexity index is 719. The minimum absolute atomic E-state index is 0. The zero-order valence-electron chi connectivity index (χ0n) is 18.0. The summed E-state index contributed by atoms with van der Waals surface area (Å²) < 4.78 is 5.57. The predicted molar refractivity (Wildman–Crippen MR) is 128 cm³/mol. The molecule has 1 aliphatic heterocycles. The fourth-order valence-electron chi connectivity index (χ4n) is 3.93. The molecule has 1 amide bonds. The van der Waals surface area contributed by atoms with Gasteiger partial charge in [-0.25, -0.2) is 0 Å². The monoisotopic (exact) mass is 514 g/mol. The Balaban J connectivity index is 0.00000300. The number of hydrogen-bond acceptors (Lipinski definition) is 3. The van der Waals surface area contributed by atoms with Crippen LogP contribution in [0.15, 0.2) is 29.3 Å². The van der Waals surface area contributed by atoms with Crippen molar-refractivity contribution in [2.24, 2.45) is 10.9 Å². The van der Waals surface area contributed by atoms with Crippen molar-refractivity contribution in [1.29, 1.82) is 0 Å². The fraction of sp³-hybridized carbons (Fsp3) is 0.636. The van der Waals surface area contributed by atoms with Crippen LogP contribution < -0.4 is 15.4 Å². The Morgan fingerprint density at radius 2 is 2.07 bits per heavy atom. The molecule has 2 fully saturated rings. The van der Waals surface area contributed by atoms with E-state index in [-0.39, 0.29) is 47.3 Å². The van der Waals surface area contributed by atoms with Gasteiger partial charge in [0, 0.05) is 42.6 Å². The van der Waals surface area contributed by atoms with Crippen LogP contribution in [0.25, 0.3) is 0 Å². The third-order valence-electron chi connectivity index (χ3n) is 5.75. The quantitative estimate of drug-likeness (QED) is 0.334. The second-order valence-corrected chi connectivity index (χ2v) is 8.24. The highest BCUT2D eigenvalue weighted by Gasteiger charge is 2.46. The number of carbonyl (C=O) groups excluding carboxylic acids is 1. The summed E-state index contributed by atoms with van der Waals surface area (Å²) in [6.07, 6.45) is 3.23. The van der Waals surface area contributed by atoms with Crippen LogP contribution in [0.3, 0.4) is 0 Å². The molecule has 2 N–H and O–H groups in total. The Kier molecular flexibility index (Phi) is 8.60. The number of amides is 1. The first-order valence-electron chi connectivity index (χ1n) is 10.5. The van der Waals surface area contributed by atoms with E-state index in [0.717, 1.165) is 57.2 Å². The molecule has 1 aromatic carbocycles. The molecule has 3 rings (SSSR count). The van der Waals surface area contributed by atoms with Crippen molar-refractivity contribution in [1.82, 2.24) is 15.5 Å². The molecule has 29 heavy (non-hydrogen) atoms. The van der Waals surface area contributed by atoms with Gasteiger partial charge in [0.15, 0.2) is 5.96 Å². The predicted octanol–water partition coefficient (Wildman–Crippen LogP) is 3.16. The molecule has 2 aliphatic rings. The van der Waals surface area contributed by atoms with Crippen LogP contribution in [0.4, 0.5) is 0 Å². The lowest BCUT2D eigenvalue weighted by Crippen LogP contribution is -2.45. The van der Waals surface area contributed by atoms with Crippen molar-refractivity contribution in [3.05, 3.63) is 29.8 Å². The van der Waals surface area contributed by atoms with Gasteiger partial charge in [0.1, 0.15) is 5.75 Å². The highest BCUT2D eigenvalue weighted by atomic mass is 127. The standard InChI is InChI=1S/C22H34N4O2.HI/c1-5-23-21(25-17-10-13-26(14-17)20(27)16(2)3)24-15-22(11-12-22)18-8-6-7-9-19(18)28-4;/h6-9,16-17H,5,10-15H2,1-4H3,(H2,23,24,25);1H. The van der Waals surface area contributed by atoms with Gasteiger partial charge >= 0.3 is 0 Å². The van der Waals surface area contributed by atoms with Gasteiger partial charge in [-0.05, 0) is 32.3 Å². The number of halogens is 1. The van der Waals surface area contributed by atoms with Crippen molar-refractivity contribution in [2.75, 3.05) is 33.3 Å². The molecule has 6 nitrogen and oxygen atoms in total. The van der Waals surface area contributed by atoms with Crippen LogP contribution in [0.1, 0.15) is 45.6 Å². The second kappa shape index (κ2) is 10.5.